The molecule has 0 spiro atoms. The van der Waals surface area contributed by atoms with Crippen LogP contribution in [0, 0.1) is 5.41 Å². The van der Waals surface area contributed by atoms with Gasteiger partial charge in [0.2, 0.25) is 0 Å². The molecule has 0 radical (unpaired) electrons. The largest absolute Gasteiger partial charge is 0.481 e. The van der Waals surface area contributed by atoms with Gasteiger partial charge in [-0.3, -0.25) is 4.79 Å². The molecular weight excluding hydrogens is 244 g/mol. The molecule has 1 unspecified atom stereocenters. The summed E-state index contributed by atoms with van der Waals surface area (Å²) in [5.41, 5.74) is -0.790. The third-order valence-electron chi connectivity index (χ3n) is 4.43. The molecule has 2 fully saturated rings. The van der Waals surface area contributed by atoms with E-state index < -0.39 is 11.4 Å². The molecule has 1 atom stereocenters. The molecule has 108 valence electrons. The Balaban J connectivity index is 1.89. The Morgan fingerprint density at radius 1 is 1.21 bits per heavy atom. The fourth-order valence-corrected chi connectivity index (χ4v) is 3.10. The number of likely N-dealkylation sites (tertiary alicyclic amines) is 1. The molecule has 1 aliphatic heterocycles. The average molecular weight is 268 g/mol. The Kier molecular flexibility index (Phi) is 4.32. The first-order valence-electron chi connectivity index (χ1n) is 7.30. The van der Waals surface area contributed by atoms with Crippen LogP contribution in [0.2, 0.25) is 0 Å². The van der Waals surface area contributed by atoms with Crippen LogP contribution in [0.3, 0.4) is 0 Å². The fraction of sp³-hybridized carbons (Fsp3) is 0.857. The smallest absolute Gasteiger partial charge is 0.317 e. The maximum absolute atomic E-state index is 12.2. The molecule has 2 N–H and O–H groups in total. The topological polar surface area (TPSA) is 69.6 Å². The zero-order chi connectivity index (χ0) is 13.9. The van der Waals surface area contributed by atoms with Crippen molar-refractivity contribution in [3.05, 3.63) is 0 Å². The highest BCUT2D eigenvalue weighted by molar-refractivity contribution is 5.78. The average Bonchev–Trinajstić information content (AvgIpc) is 2.40. The summed E-state index contributed by atoms with van der Waals surface area (Å²) in [6.45, 7) is 2.72. The first-order chi connectivity index (χ1) is 9.01. The van der Waals surface area contributed by atoms with Gasteiger partial charge in [0.25, 0.3) is 0 Å². The third-order valence-corrected chi connectivity index (χ3v) is 4.43. The van der Waals surface area contributed by atoms with Crippen LogP contribution in [0.25, 0.3) is 0 Å². The lowest BCUT2D eigenvalue weighted by atomic mass is 9.82. The molecule has 2 aliphatic rings. The highest BCUT2D eigenvalue weighted by Crippen LogP contribution is 2.29. The number of carboxylic acids is 1. The van der Waals surface area contributed by atoms with Gasteiger partial charge in [-0.15, -0.1) is 0 Å². The van der Waals surface area contributed by atoms with Crippen LogP contribution in [0.4, 0.5) is 4.79 Å². The van der Waals surface area contributed by atoms with E-state index in [9.17, 15) is 14.7 Å². The van der Waals surface area contributed by atoms with Crippen LogP contribution in [0.5, 0.6) is 0 Å². The zero-order valence-electron chi connectivity index (χ0n) is 11.7. The minimum atomic E-state index is -0.803. The zero-order valence-corrected chi connectivity index (χ0v) is 11.7. The number of hydrogen-bond donors (Lipinski definition) is 2. The Morgan fingerprint density at radius 3 is 2.53 bits per heavy atom. The Bertz CT molecular complexity index is 353. The van der Waals surface area contributed by atoms with Crippen molar-refractivity contribution >= 4 is 12.0 Å². The molecule has 1 aliphatic carbocycles. The van der Waals surface area contributed by atoms with Gasteiger partial charge in [0.1, 0.15) is 0 Å². The molecule has 0 bridgehead atoms. The van der Waals surface area contributed by atoms with Gasteiger partial charge in [-0.2, -0.15) is 0 Å². The number of carbonyl (C=O) groups is 2. The lowest BCUT2D eigenvalue weighted by Crippen LogP contribution is -2.53. The van der Waals surface area contributed by atoms with Gasteiger partial charge in [0.15, 0.2) is 0 Å². The first kappa shape index (κ1) is 14.2. The van der Waals surface area contributed by atoms with E-state index >= 15 is 0 Å². The van der Waals surface area contributed by atoms with Gasteiger partial charge in [-0.25, -0.2) is 4.79 Å². The maximum Gasteiger partial charge on any atom is 0.317 e. The van der Waals surface area contributed by atoms with E-state index in [1.54, 1.807) is 11.8 Å². The number of aliphatic carboxylic acids is 1. The van der Waals surface area contributed by atoms with Gasteiger partial charge >= 0.3 is 12.0 Å². The predicted molar refractivity (Wildman–Crippen MR) is 72.0 cm³/mol. The van der Waals surface area contributed by atoms with E-state index in [1.807, 2.05) is 0 Å². The number of amides is 2. The maximum atomic E-state index is 12.2. The number of urea groups is 1. The van der Waals surface area contributed by atoms with Crippen LogP contribution < -0.4 is 5.32 Å². The van der Waals surface area contributed by atoms with E-state index in [2.05, 4.69) is 5.32 Å². The molecule has 2 rings (SSSR count). The normalized spacial score (nSPS) is 29.0. The lowest BCUT2D eigenvalue weighted by Gasteiger charge is -2.38. The minimum absolute atomic E-state index is 0.0842. The van der Waals surface area contributed by atoms with E-state index in [1.165, 1.54) is 19.3 Å². The first-order valence-corrected chi connectivity index (χ1v) is 7.30. The van der Waals surface area contributed by atoms with Crippen LogP contribution in [-0.4, -0.2) is 41.1 Å². The molecule has 1 saturated heterocycles. The molecule has 5 nitrogen and oxygen atoms in total. The summed E-state index contributed by atoms with van der Waals surface area (Å²) < 4.78 is 0. The van der Waals surface area contributed by atoms with Crippen LogP contribution in [0.1, 0.15) is 51.9 Å². The van der Waals surface area contributed by atoms with Crippen molar-refractivity contribution in [2.45, 2.75) is 57.9 Å². The predicted octanol–water partition coefficient (Wildman–Crippen LogP) is 2.22. The van der Waals surface area contributed by atoms with Crippen molar-refractivity contribution in [3.8, 4) is 0 Å². The second-order valence-corrected chi connectivity index (χ2v) is 6.18. The molecule has 2 amide bonds. The van der Waals surface area contributed by atoms with E-state index in [0.29, 0.717) is 19.5 Å². The Hall–Kier alpha value is -1.26. The van der Waals surface area contributed by atoms with Gasteiger partial charge in [0, 0.05) is 19.1 Å². The van der Waals surface area contributed by atoms with Crippen molar-refractivity contribution in [1.29, 1.82) is 0 Å². The molecule has 0 aromatic heterocycles. The minimum Gasteiger partial charge on any atom is -0.481 e. The van der Waals surface area contributed by atoms with Crippen molar-refractivity contribution in [2.75, 3.05) is 13.1 Å². The Labute approximate surface area is 114 Å². The SMILES string of the molecule is CC1(C(=O)O)CCCN(C(=O)NC2CCCCC2)C1. The Morgan fingerprint density at radius 2 is 1.89 bits per heavy atom. The van der Waals surface area contributed by atoms with Crippen molar-refractivity contribution in [3.63, 3.8) is 0 Å². The third kappa shape index (κ3) is 3.39. The monoisotopic (exact) mass is 268 g/mol. The summed E-state index contributed by atoms with van der Waals surface area (Å²) in [7, 11) is 0. The number of piperidine rings is 1. The molecule has 19 heavy (non-hydrogen) atoms. The van der Waals surface area contributed by atoms with Gasteiger partial charge < -0.3 is 15.3 Å². The van der Waals surface area contributed by atoms with Crippen LogP contribution >= 0.6 is 0 Å². The standard InChI is InChI=1S/C14H24N2O3/c1-14(12(17)18)8-5-9-16(10-14)13(19)15-11-6-3-2-4-7-11/h11H,2-10H2,1H3,(H,15,19)(H,17,18). The van der Waals surface area contributed by atoms with Crippen molar-refractivity contribution in [2.24, 2.45) is 5.41 Å². The fourth-order valence-electron chi connectivity index (χ4n) is 3.10. The number of nitrogens with one attached hydrogen (secondary N) is 1. The molecular formula is C14H24N2O3. The van der Waals surface area contributed by atoms with Crippen LogP contribution in [0.15, 0.2) is 0 Å². The number of carboxylic acid groups (broad SMARTS) is 1. The van der Waals surface area contributed by atoms with Crippen molar-refractivity contribution in [1.82, 2.24) is 10.2 Å². The highest BCUT2D eigenvalue weighted by Gasteiger charge is 2.39. The van der Waals surface area contributed by atoms with E-state index in [-0.39, 0.29) is 12.1 Å². The van der Waals surface area contributed by atoms with E-state index in [0.717, 1.165) is 19.3 Å². The highest BCUT2D eigenvalue weighted by atomic mass is 16.4. The molecule has 0 aromatic rings. The van der Waals surface area contributed by atoms with Gasteiger partial charge in [-0.05, 0) is 32.6 Å². The van der Waals surface area contributed by atoms with Crippen molar-refractivity contribution < 1.29 is 14.7 Å². The quantitative estimate of drug-likeness (QED) is 0.806. The number of rotatable bonds is 2. The molecule has 1 heterocycles. The summed E-state index contributed by atoms with van der Waals surface area (Å²) >= 11 is 0. The lowest BCUT2D eigenvalue weighted by molar-refractivity contribution is -0.150. The number of nitrogens with zero attached hydrogens (tertiary/aromatic N) is 1. The van der Waals surface area contributed by atoms with E-state index in [4.69, 9.17) is 0 Å². The summed E-state index contributed by atoms with van der Waals surface area (Å²) in [5.74, 6) is -0.803. The molecule has 5 heteroatoms. The number of carbonyl (C=O) groups excluding carboxylic acids is 1. The van der Waals surface area contributed by atoms with Gasteiger partial charge in [-0.1, -0.05) is 19.3 Å². The van der Waals surface area contributed by atoms with Crippen LogP contribution in [-0.2, 0) is 4.79 Å². The summed E-state index contributed by atoms with van der Waals surface area (Å²) in [6, 6.07) is 0.193. The molecule has 0 aromatic carbocycles. The molecule has 1 saturated carbocycles. The van der Waals surface area contributed by atoms with Gasteiger partial charge in [0.05, 0.1) is 5.41 Å². The second-order valence-electron chi connectivity index (χ2n) is 6.18. The summed E-state index contributed by atoms with van der Waals surface area (Å²) in [4.78, 5) is 25.1. The second kappa shape index (κ2) is 5.80. The summed E-state index contributed by atoms with van der Waals surface area (Å²) in [5, 5.41) is 12.3. The summed E-state index contributed by atoms with van der Waals surface area (Å²) in [6.07, 6.45) is 7.13. The number of hydrogen-bond acceptors (Lipinski definition) is 2.